The van der Waals surface area contributed by atoms with Gasteiger partial charge in [0, 0.05) is 24.8 Å². The van der Waals surface area contributed by atoms with Crippen molar-refractivity contribution in [3.8, 4) is 17.2 Å². The van der Waals surface area contributed by atoms with Crippen molar-refractivity contribution in [1.29, 1.82) is 0 Å². The van der Waals surface area contributed by atoms with Crippen LogP contribution in [0.5, 0.6) is 17.2 Å². The molecule has 0 aliphatic rings. The van der Waals surface area contributed by atoms with Crippen molar-refractivity contribution in [3.63, 3.8) is 0 Å². The normalized spacial score (nSPS) is 11.3. The number of rotatable bonds is 11. The molecule has 38 heavy (non-hydrogen) atoms. The van der Waals surface area contributed by atoms with Crippen molar-refractivity contribution in [2.45, 2.75) is 40.0 Å². The molecule has 0 heterocycles. The van der Waals surface area contributed by atoms with E-state index < -0.39 is 10.0 Å². The summed E-state index contributed by atoms with van der Waals surface area (Å²) in [4.78, 5) is 2.25. The fourth-order valence-corrected chi connectivity index (χ4v) is 4.83. The average molecular weight is 531 g/mol. The van der Waals surface area contributed by atoms with Crippen LogP contribution in [0, 0.1) is 6.92 Å². The van der Waals surface area contributed by atoms with Crippen LogP contribution in [-0.4, -0.2) is 20.8 Å². The highest BCUT2D eigenvalue weighted by atomic mass is 32.2. The lowest BCUT2D eigenvalue weighted by molar-refractivity contribution is 0.241. The lowest BCUT2D eigenvalue weighted by atomic mass is 10.1. The molecular formula is C31H34N2O4S. The van der Waals surface area contributed by atoms with Gasteiger partial charge in [-0.2, -0.15) is 0 Å². The van der Waals surface area contributed by atoms with Gasteiger partial charge in [-0.05, 0) is 73.9 Å². The summed E-state index contributed by atoms with van der Waals surface area (Å²) < 4.78 is 38.3. The predicted molar refractivity (Wildman–Crippen MR) is 155 cm³/mol. The topological polar surface area (TPSA) is 67.9 Å². The van der Waals surface area contributed by atoms with Gasteiger partial charge in [-0.15, -0.1) is 0 Å². The highest BCUT2D eigenvalue weighted by Gasteiger charge is 2.15. The molecule has 0 amide bonds. The summed E-state index contributed by atoms with van der Waals surface area (Å²) in [6, 6.07) is 31.6. The van der Waals surface area contributed by atoms with Crippen LogP contribution in [0.4, 0.5) is 11.4 Å². The summed E-state index contributed by atoms with van der Waals surface area (Å²) in [6.07, 6.45) is 1.26. The number of sulfonamides is 1. The van der Waals surface area contributed by atoms with Gasteiger partial charge in [0.25, 0.3) is 0 Å². The number of hydrogen-bond acceptors (Lipinski definition) is 5. The Hall–Kier alpha value is -3.97. The molecule has 7 heteroatoms. The largest absolute Gasteiger partial charge is 0.491 e. The molecule has 0 saturated heterocycles. The molecule has 4 rings (SSSR count). The van der Waals surface area contributed by atoms with Crippen LogP contribution in [0.2, 0.25) is 0 Å². The van der Waals surface area contributed by atoms with Crippen molar-refractivity contribution < 1.29 is 17.9 Å². The summed E-state index contributed by atoms with van der Waals surface area (Å²) >= 11 is 0. The van der Waals surface area contributed by atoms with E-state index >= 15 is 0 Å². The van der Waals surface area contributed by atoms with Crippen molar-refractivity contribution in [3.05, 3.63) is 114 Å². The zero-order chi connectivity index (χ0) is 27.1. The quantitative estimate of drug-likeness (QED) is 0.223. The Bertz CT molecular complexity index is 1450. The molecule has 0 spiro atoms. The number of benzene rings is 4. The zero-order valence-electron chi connectivity index (χ0n) is 22.2. The minimum Gasteiger partial charge on any atom is -0.491 e. The standard InChI is InChI=1S/C31H34N2O4S/c1-23(2)36-28-12-8-13-29(20-28)37-27-18-16-26(17-19-27)22-33(21-25-10-6-5-7-11-25)31-15-9-14-30(24(31)3)32-38(4,34)35/h5-20,23,32H,21-22H2,1-4H3. The third-order valence-electron chi connectivity index (χ3n) is 5.87. The third kappa shape index (κ3) is 7.76. The molecule has 4 aromatic carbocycles. The molecule has 6 nitrogen and oxygen atoms in total. The fourth-order valence-electron chi connectivity index (χ4n) is 4.21. The molecule has 0 radical (unpaired) electrons. The van der Waals surface area contributed by atoms with Crippen LogP contribution in [0.25, 0.3) is 0 Å². The molecule has 0 unspecified atom stereocenters. The van der Waals surface area contributed by atoms with Gasteiger partial charge >= 0.3 is 0 Å². The first-order valence-electron chi connectivity index (χ1n) is 12.6. The second-order valence-electron chi connectivity index (χ2n) is 9.55. The molecule has 0 atom stereocenters. The fraction of sp³-hybridized carbons (Fsp3) is 0.226. The maximum atomic E-state index is 11.9. The summed E-state index contributed by atoms with van der Waals surface area (Å²) in [7, 11) is -3.39. The van der Waals surface area contributed by atoms with E-state index in [1.807, 2.05) is 87.5 Å². The van der Waals surface area contributed by atoms with E-state index in [-0.39, 0.29) is 6.10 Å². The molecule has 198 valence electrons. The SMILES string of the molecule is Cc1c(NS(C)(=O)=O)cccc1N(Cc1ccccc1)Cc1ccc(Oc2cccc(OC(C)C)c2)cc1. The van der Waals surface area contributed by atoms with E-state index in [2.05, 4.69) is 33.9 Å². The van der Waals surface area contributed by atoms with Gasteiger partial charge in [-0.1, -0.05) is 54.6 Å². The first kappa shape index (κ1) is 27.1. The van der Waals surface area contributed by atoms with Crippen LogP contribution < -0.4 is 19.1 Å². The Labute approximate surface area is 225 Å². The van der Waals surface area contributed by atoms with Gasteiger partial charge in [0.2, 0.25) is 10.0 Å². The van der Waals surface area contributed by atoms with E-state index in [4.69, 9.17) is 9.47 Å². The number of nitrogens with one attached hydrogen (secondary N) is 1. The van der Waals surface area contributed by atoms with Gasteiger partial charge in [0.15, 0.2) is 0 Å². The lowest BCUT2D eigenvalue weighted by Gasteiger charge is -2.28. The van der Waals surface area contributed by atoms with Gasteiger partial charge in [0.05, 0.1) is 18.0 Å². The number of anilines is 2. The van der Waals surface area contributed by atoms with Crippen molar-refractivity contribution in [1.82, 2.24) is 0 Å². The molecule has 0 bridgehead atoms. The second-order valence-corrected chi connectivity index (χ2v) is 11.3. The van der Waals surface area contributed by atoms with Crippen LogP contribution in [0.3, 0.4) is 0 Å². The Kier molecular flexibility index (Phi) is 8.59. The molecule has 0 saturated carbocycles. The van der Waals surface area contributed by atoms with Gasteiger partial charge in [-0.3, -0.25) is 4.72 Å². The first-order valence-corrected chi connectivity index (χ1v) is 14.5. The lowest BCUT2D eigenvalue weighted by Crippen LogP contribution is -2.23. The van der Waals surface area contributed by atoms with Crippen LogP contribution in [-0.2, 0) is 23.1 Å². The van der Waals surface area contributed by atoms with Gasteiger partial charge in [-0.25, -0.2) is 8.42 Å². The first-order chi connectivity index (χ1) is 18.2. The minimum atomic E-state index is -3.39. The summed E-state index contributed by atoms with van der Waals surface area (Å²) in [5, 5.41) is 0. The number of hydrogen-bond donors (Lipinski definition) is 1. The van der Waals surface area contributed by atoms with Gasteiger partial charge in [0.1, 0.15) is 17.2 Å². The Morgan fingerprint density at radius 2 is 1.39 bits per heavy atom. The van der Waals surface area contributed by atoms with E-state index in [1.165, 1.54) is 0 Å². The molecule has 0 fully saturated rings. The number of nitrogens with zero attached hydrogens (tertiary/aromatic N) is 1. The van der Waals surface area contributed by atoms with E-state index in [9.17, 15) is 8.42 Å². The Balaban J connectivity index is 1.56. The highest BCUT2D eigenvalue weighted by Crippen LogP contribution is 2.31. The van der Waals surface area contributed by atoms with Crippen molar-refractivity contribution >= 4 is 21.4 Å². The molecular weight excluding hydrogens is 496 g/mol. The molecule has 4 aromatic rings. The molecule has 0 aliphatic heterocycles. The molecule has 0 aromatic heterocycles. The monoisotopic (exact) mass is 530 g/mol. The van der Waals surface area contributed by atoms with Crippen LogP contribution >= 0.6 is 0 Å². The van der Waals surface area contributed by atoms with E-state index in [1.54, 1.807) is 6.07 Å². The van der Waals surface area contributed by atoms with Crippen LogP contribution in [0.15, 0.2) is 97.1 Å². The third-order valence-corrected chi connectivity index (χ3v) is 6.46. The Morgan fingerprint density at radius 1 is 0.763 bits per heavy atom. The second kappa shape index (κ2) is 12.0. The number of ether oxygens (including phenoxy) is 2. The zero-order valence-corrected chi connectivity index (χ0v) is 23.0. The molecule has 0 aliphatic carbocycles. The average Bonchev–Trinajstić information content (AvgIpc) is 2.86. The smallest absolute Gasteiger partial charge is 0.229 e. The van der Waals surface area contributed by atoms with E-state index in [0.29, 0.717) is 24.5 Å². The maximum absolute atomic E-state index is 11.9. The minimum absolute atomic E-state index is 0.0925. The van der Waals surface area contributed by atoms with E-state index in [0.717, 1.165) is 40.1 Å². The van der Waals surface area contributed by atoms with Crippen molar-refractivity contribution in [2.24, 2.45) is 0 Å². The summed E-state index contributed by atoms with van der Waals surface area (Å²) in [6.45, 7) is 7.23. The van der Waals surface area contributed by atoms with Crippen molar-refractivity contribution in [2.75, 3.05) is 15.9 Å². The highest BCUT2D eigenvalue weighted by molar-refractivity contribution is 7.92. The summed E-state index contributed by atoms with van der Waals surface area (Å²) in [5.41, 5.74) is 4.68. The van der Waals surface area contributed by atoms with Gasteiger partial charge < -0.3 is 14.4 Å². The predicted octanol–water partition coefficient (Wildman–Crippen LogP) is 7.15. The van der Waals surface area contributed by atoms with Crippen LogP contribution in [0.1, 0.15) is 30.5 Å². The summed E-state index contributed by atoms with van der Waals surface area (Å²) in [5.74, 6) is 2.22. The maximum Gasteiger partial charge on any atom is 0.229 e. The Morgan fingerprint density at radius 3 is 2.05 bits per heavy atom. The molecule has 1 N–H and O–H groups in total.